The number of fused-ring (bicyclic) bond motifs is 1. The number of carbonyl (C=O) groups excluding carboxylic acids is 1. The topological polar surface area (TPSA) is 75.6 Å². The fourth-order valence-electron chi connectivity index (χ4n) is 2.92. The summed E-state index contributed by atoms with van der Waals surface area (Å²) in [4.78, 5) is 23.5. The van der Waals surface area contributed by atoms with Crippen LogP contribution in [0.15, 0.2) is 18.2 Å². The van der Waals surface area contributed by atoms with E-state index < -0.39 is 12.0 Å². The van der Waals surface area contributed by atoms with E-state index in [1.54, 1.807) is 0 Å². The summed E-state index contributed by atoms with van der Waals surface area (Å²) in [6.45, 7) is 7.88. The number of hydrogen-bond acceptors (Lipinski definition) is 3. The van der Waals surface area contributed by atoms with Gasteiger partial charge in [-0.1, -0.05) is 32.4 Å². The van der Waals surface area contributed by atoms with Crippen LogP contribution in [-0.2, 0) is 22.4 Å². The van der Waals surface area contributed by atoms with Crippen LogP contribution in [-0.4, -0.2) is 28.6 Å². The molecule has 0 bridgehead atoms. The number of aryl methyl sites for hydroxylation is 1. The second-order valence-corrected chi connectivity index (χ2v) is 7.25. The standard InChI is InChI=1S/C19H27NO4/c1-5-12(2)17(18(22)23)20-16(21)11-13-6-7-15-14(10-13)8-9-19(3,4)24-15/h6-7,10,12,17H,5,8-9,11H2,1-4H3,(H,20,21)(H,22,23)/t12-,17+/m1/s1. The Labute approximate surface area is 143 Å². The van der Waals surface area contributed by atoms with Crippen molar-refractivity contribution in [1.82, 2.24) is 5.32 Å². The highest BCUT2D eigenvalue weighted by molar-refractivity contribution is 5.85. The molecule has 5 heteroatoms. The second-order valence-electron chi connectivity index (χ2n) is 7.25. The Morgan fingerprint density at radius 2 is 2.08 bits per heavy atom. The van der Waals surface area contributed by atoms with E-state index in [9.17, 15) is 14.7 Å². The van der Waals surface area contributed by atoms with Gasteiger partial charge in [0.2, 0.25) is 5.91 Å². The van der Waals surface area contributed by atoms with Gasteiger partial charge in [0.15, 0.2) is 0 Å². The van der Waals surface area contributed by atoms with Gasteiger partial charge in [-0.05, 0) is 49.8 Å². The van der Waals surface area contributed by atoms with Crippen LogP contribution in [0.3, 0.4) is 0 Å². The number of carboxylic acid groups (broad SMARTS) is 1. The summed E-state index contributed by atoms with van der Waals surface area (Å²) in [5, 5.41) is 11.9. The van der Waals surface area contributed by atoms with Gasteiger partial charge in [-0.15, -0.1) is 0 Å². The lowest BCUT2D eigenvalue weighted by atomic mass is 9.93. The molecule has 1 aromatic carbocycles. The molecule has 0 fully saturated rings. The van der Waals surface area contributed by atoms with Crippen LogP contribution in [0.2, 0.25) is 0 Å². The number of carboxylic acids is 1. The van der Waals surface area contributed by atoms with Crippen LogP contribution in [0.1, 0.15) is 51.7 Å². The van der Waals surface area contributed by atoms with Gasteiger partial charge in [-0.3, -0.25) is 4.79 Å². The highest BCUT2D eigenvalue weighted by Gasteiger charge is 2.27. The number of hydrogen-bond donors (Lipinski definition) is 2. The molecule has 0 saturated heterocycles. The molecule has 24 heavy (non-hydrogen) atoms. The van der Waals surface area contributed by atoms with Gasteiger partial charge in [0.05, 0.1) is 6.42 Å². The van der Waals surface area contributed by atoms with Crippen molar-refractivity contribution in [3.05, 3.63) is 29.3 Å². The average molecular weight is 333 g/mol. The minimum absolute atomic E-state index is 0.106. The minimum atomic E-state index is -0.987. The molecule has 1 amide bonds. The Kier molecular flexibility index (Phi) is 5.52. The van der Waals surface area contributed by atoms with Crippen molar-refractivity contribution in [2.75, 3.05) is 0 Å². The minimum Gasteiger partial charge on any atom is -0.488 e. The molecule has 0 aliphatic carbocycles. The first kappa shape index (κ1) is 18.3. The molecule has 0 radical (unpaired) electrons. The zero-order chi connectivity index (χ0) is 17.9. The third kappa shape index (κ3) is 4.49. The Morgan fingerprint density at radius 3 is 2.71 bits per heavy atom. The number of carbonyl (C=O) groups is 2. The normalized spacial score (nSPS) is 18.0. The van der Waals surface area contributed by atoms with Crippen molar-refractivity contribution in [3.63, 3.8) is 0 Å². The van der Waals surface area contributed by atoms with Gasteiger partial charge in [-0.2, -0.15) is 0 Å². The number of amides is 1. The molecule has 2 N–H and O–H groups in total. The summed E-state index contributed by atoms with van der Waals surface area (Å²) in [5.74, 6) is -0.484. The maximum Gasteiger partial charge on any atom is 0.326 e. The summed E-state index contributed by atoms with van der Waals surface area (Å²) in [6.07, 6.45) is 2.73. The van der Waals surface area contributed by atoms with Crippen LogP contribution in [0, 0.1) is 5.92 Å². The van der Waals surface area contributed by atoms with E-state index in [2.05, 4.69) is 19.2 Å². The molecule has 0 unspecified atom stereocenters. The van der Waals surface area contributed by atoms with Crippen LogP contribution >= 0.6 is 0 Å². The summed E-state index contributed by atoms with van der Waals surface area (Å²) < 4.78 is 5.94. The monoisotopic (exact) mass is 333 g/mol. The number of benzene rings is 1. The molecule has 132 valence electrons. The maximum atomic E-state index is 12.2. The number of rotatable bonds is 6. The van der Waals surface area contributed by atoms with Gasteiger partial charge in [-0.25, -0.2) is 4.79 Å². The van der Waals surface area contributed by atoms with Gasteiger partial charge in [0.1, 0.15) is 17.4 Å². The Morgan fingerprint density at radius 1 is 1.38 bits per heavy atom. The van der Waals surface area contributed by atoms with E-state index in [1.165, 1.54) is 0 Å². The zero-order valence-corrected chi connectivity index (χ0v) is 14.9. The molecule has 1 aliphatic heterocycles. The Hall–Kier alpha value is -2.04. The second kappa shape index (κ2) is 7.24. The SMILES string of the molecule is CC[C@@H](C)[C@H](NC(=O)Cc1ccc2c(c1)CCC(C)(C)O2)C(=O)O. The molecule has 1 aromatic rings. The summed E-state index contributed by atoms with van der Waals surface area (Å²) >= 11 is 0. The van der Waals surface area contributed by atoms with E-state index >= 15 is 0 Å². The van der Waals surface area contributed by atoms with Crippen molar-refractivity contribution >= 4 is 11.9 Å². The molecule has 1 aliphatic rings. The molecule has 2 rings (SSSR count). The van der Waals surface area contributed by atoms with Crippen molar-refractivity contribution in [2.24, 2.45) is 5.92 Å². The average Bonchev–Trinajstić information content (AvgIpc) is 2.51. The lowest BCUT2D eigenvalue weighted by molar-refractivity contribution is -0.143. The van der Waals surface area contributed by atoms with Crippen LogP contribution < -0.4 is 10.1 Å². The van der Waals surface area contributed by atoms with Gasteiger partial charge >= 0.3 is 5.97 Å². The van der Waals surface area contributed by atoms with Crippen molar-refractivity contribution in [3.8, 4) is 5.75 Å². The van der Waals surface area contributed by atoms with Crippen molar-refractivity contribution in [1.29, 1.82) is 0 Å². The molecule has 1 heterocycles. The lowest BCUT2D eigenvalue weighted by Crippen LogP contribution is -2.45. The van der Waals surface area contributed by atoms with Crippen molar-refractivity contribution < 1.29 is 19.4 Å². The van der Waals surface area contributed by atoms with E-state index in [0.29, 0.717) is 6.42 Å². The first-order valence-corrected chi connectivity index (χ1v) is 8.55. The smallest absolute Gasteiger partial charge is 0.326 e. The number of nitrogens with one attached hydrogen (secondary N) is 1. The zero-order valence-electron chi connectivity index (χ0n) is 14.9. The summed E-state index contributed by atoms with van der Waals surface area (Å²) in [6, 6.07) is 4.92. The number of aliphatic carboxylic acids is 1. The highest BCUT2D eigenvalue weighted by Crippen LogP contribution is 2.33. The van der Waals surface area contributed by atoms with Gasteiger partial charge < -0.3 is 15.2 Å². The van der Waals surface area contributed by atoms with Gasteiger partial charge in [0, 0.05) is 0 Å². The third-order valence-corrected chi connectivity index (χ3v) is 4.67. The van der Waals surface area contributed by atoms with E-state index in [0.717, 1.165) is 29.7 Å². The lowest BCUT2D eigenvalue weighted by Gasteiger charge is -2.32. The Bertz CT molecular complexity index is 624. The third-order valence-electron chi connectivity index (χ3n) is 4.67. The first-order valence-electron chi connectivity index (χ1n) is 8.55. The molecular formula is C19H27NO4. The highest BCUT2D eigenvalue weighted by atomic mass is 16.5. The van der Waals surface area contributed by atoms with Crippen LogP contribution in [0.4, 0.5) is 0 Å². The fraction of sp³-hybridized carbons (Fsp3) is 0.579. The maximum absolute atomic E-state index is 12.2. The summed E-state index contributed by atoms with van der Waals surface area (Å²) in [7, 11) is 0. The largest absolute Gasteiger partial charge is 0.488 e. The molecule has 5 nitrogen and oxygen atoms in total. The Balaban J connectivity index is 2.03. The molecule has 2 atom stereocenters. The molecule has 0 spiro atoms. The quantitative estimate of drug-likeness (QED) is 0.839. The van der Waals surface area contributed by atoms with E-state index in [1.807, 2.05) is 32.0 Å². The number of ether oxygens (including phenoxy) is 1. The molecule has 0 saturated carbocycles. The summed E-state index contributed by atoms with van der Waals surface area (Å²) in [5.41, 5.74) is 1.83. The van der Waals surface area contributed by atoms with Crippen LogP contribution in [0.5, 0.6) is 5.75 Å². The molecule has 0 aromatic heterocycles. The first-order chi connectivity index (χ1) is 11.2. The van der Waals surface area contributed by atoms with Crippen molar-refractivity contribution in [2.45, 2.75) is 65.0 Å². The predicted molar refractivity (Wildman–Crippen MR) is 92.2 cm³/mol. The predicted octanol–water partition coefficient (Wildman–Crippen LogP) is 2.95. The molecular weight excluding hydrogens is 306 g/mol. The van der Waals surface area contributed by atoms with E-state index in [-0.39, 0.29) is 23.8 Å². The van der Waals surface area contributed by atoms with Gasteiger partial charge in [0.25, 0.3) is 0 Å². The fourth-order valence-corrected chi connectivity index (χ4v) is 2.92. The van der Waals surface area contributed by atoms with Crippen LogP contribution in [0.25, 0.3) is 0 Å². The van der Waals surface area contributed by atoms with E-state index in [4.69, 9.17) is 4.74 Å².